The lowest BCUT2D eigenvalue weighted by Crippen LogP contribution is -2.46. The molecule has 174 valence electrons. The number of furan rings is 1. The standard InChI is InChI=1S/C22H25N5O4S2/c1-4-30-20(28)17-14(23-21(29)24-18(17)16-8-6-10-32-16)12-33-22-26-25-19(15-7-5-9-31-15)27(22)11-13(2)3/h5-10,13,18H,4,11-12H2,1-3H3,(H2,23,24,29)/t18-/m0/s1. The maximum Gasteiger partial charge on any atom is 0.338 e. The highest BCUT2D eigenvalue weighted by Crippen LogP contribution is 2.33. The van der Waals surface area contributed by atoms with Crippen molar-refractivity contribution in [3.63, 3.8) is 0 Å². The second-order valence-electron chi connectivity index (χ2n) is 7.74. The number of carbonyl (C=O) groups excluding carboxylic acids is 2. The number of hydrogen-bond donors (Lipinski definition) is 2. The number of thiophene rings is 1. The van der Waals surface area contributed by atoms with Crippen LogP contribution in [0.3, 0.4) is 0 Å². The molecule has 0 radical (unpaired) electrons. The summed E-state index contributed by atoms with van der Waals surface area (Å²) in [4.78, 5) is 26.2. The van der Waals surface area contributed by atoms with Gasteiger partial charge >= 0.3 is 12.0 Å². The SMILES string of the molecule is CCOC(=O)C1=C(CSc2nnc(-c3ccco3)n2CC(C)C)NC(=O)N[C@H]1c1cccs1. The Morgan fingerprint density at radius 2 is 2.18 bits per heavy atom. The van der Waals surface area contributed by atoms with Gasteiger partial charge in [0.05, 0.1) is 24.5 Å². The summed E-state index contributed by atoms with van der Waals surface area (Å²) in [6, 6.07) is 6.49. The first-order valence-electron chi connectivity index (χ1n) is 10.6. The van der Waals surface area contributed by atoms with Gasteiger partial charge in [-0.05, 0) is 36.4 Å². The van der Waals surface area contributed by atoms with Crippen LogP contribution in [0.5, 0.6) is 0 Å². The Morgan fingerprint density at radius 3 is 2.85 bits per heavy atom. The number of thioether (sulfide) groups is 1. The van der Waals surface area contributed by atoms with Gasteiger partial charge in [0, 0.05) is 22.9 Å². The summed E-state index contributed by atoms with van der Waals surface area (Å²) in [6.07, 6.45) is 1.60. The Morgan fingerprint density at radius 1 is 1.33 bits per heavy atom. The number of rotatable bonds is 9. The van der Waals surface area contributed by atoms with Gasteiger partial charge in [0.2, 0.25) is 0 Å². The van der Waals surface area contributed by atoms with Crippen molar-refractivity contribution in [2.45, 2.75) is 38.5 Å². The summed E-state index contributed by atoms with van der Waals surface area (Å²) < 4.78 is 12.8. The Balaban J connectivity index is 1.67. The second-order valence-corrected chi connectivity index (χ2v) is 9.66. The third-order valence-corrected chi connectivity index (χ3v) is 6.76. The van der Waals surface area contributed by atoms with Gasteiger partial charge in [-0.2, -0.15) is 0 Å². The number of ether oxygens (including phenoxy) is 1. The highest BCUT2D eigenvalue weighted by Gasteiger charge is 2.34. The van der Waals surface area contributed by atoms with Crippen LogP contribution < -0.4 is 10.6 Å². The molecule has 0 fully saturated rings. The highest BCUT2D eigenvalue weighted by molar-refractivity contribution is 7.99. The molecular formula is C22H25N5O4S2. The molecule has 4 rings (SSSR count). The van der Waals surface area contributed by atoms with Crippen LogP contribution >= 0.6 is 23.1 Å². The van der Waals surface area contributed by atoms with Crippen LogP contribution in [0.25, 0.3) is 11.6 Å². The topological polar surface area (TPSA) is 111 Å². The third-order valence-electron chi connectivity index (χ3n) is 4.83. The molecular weight excluding hydrogens is 462 g/mol. The van der Waals surface area contributed by atoms with Gasteiger partial charge in [0.25, 0.3) is 0 Å². The number of carbonyl (C=O) groups is 2. The van der Waals surface area contributed by atoms with Crippen molar-refractivity contribution in [2.24, 2.45) is 5.92 Å². The quantitative estimate of drug-likeness (QED) is 0.343. The Bertz CT molecular complexity index is 1140. The average molecular weight is 488 g/mol. The molecule has 0 unspecified atom stereocenters. The smallest absolute Gasteiger partial charge is 0.338 e. The number of hydrogen-bond acceptors (Lipinski definition) is 8. The van der Waals surface area contributed by atoms with E-state index < -0.39 is 12.0 Å². The maximum absolute atomic E-state index is 12.9. The fourth-order valence-electron chi connectivity index (χ4n) is 3.50. The molecule has 4 heterocycles. The van der Waals surface area contributed by atoms with E-state index in [9.17, 15) is 9.59 Å². The number of amides is 2. The summed E-state index contributed by atoms with van der Waals surface area (Å²) >= 11 is 2.87. The van der Waals surface area contributed by atoms with Gasteiger partial charge in [0.1, 0.15) is 0 Å². The molecule has 3 aromatic rings. The number of aromatic nitrogens is 3. The fraction of sp³-hybridized carbons (Fsp3) is 0.364. The van der Waals surface area contributed by atoms with Gasteiger partial charge in [0.15, 0.2) is 16.7 Å². The van der Waals surface area contributed by atoms with E-state index in [1.165, 1.54) is 23.1 Å². The molecule has 0 aromatic carbocycles. The Hall–Kier alpha value is -3.05. The number of nitrogens with one attached hydrogen (secondary N) is 2. The molecule has 2 amide bonds. The molecule has 0 saturated carbocycles. The number of esters is 1. The fourth-order valence-corrected chi connectivity index (χ4v) is 5.20. The normalized spacial score (nSPS) is 16.1. The zero-order valence-corrected chi connectivity index (χ0v) is 20.2. The molecule has 3 aromatic heterocycles. The van der Waals surface area contributed by atoms with Gasteiger partial charge < -0.3 is 19.8 Å². The van der Waals surface area contributed by atoms with E-state index in [1.54, 1.807) is 13.2 Å². The highest BCUT2D eigenvalue weighted by atomic mass is 32.2. The van der Waals surface area contributed by atoms with Crippen molar-refractivity contribution in [2.75, 3.05) is 12.4 Å². The predicted molar refractivity (Wildman–Crippen MR) is 126 cm³/mol. The zero-order chi connectivity index (χ0) is 23.4. The van der Waals surface area contributed by atoms with Crippen molar-refractivity contribution >= 4 is 35.1 Å². The molecule has 1 aliphatic rings. The Labute approximate surface area is 199 Å². The lowest BCUT2D eigenvalue weighted by molar-refractivity contribution is -0.139. The van der Waals surface area contributed by atoms with Crippen LogP contribution in [-0.4, -0.2) is 39.1 Å². The van der Waals surface area contributed by atoms with E-state index in [0.29, 0.717) is 46.2 Å². The third kappa shape index (κ3) is 5.14. The minimum atomic E-state index is -0.569. The van der Waals surface area contributed by atoms with E-state index in [2.05, 4.69) is 34.7 Å². The van der Waals surface area contributed by atoms with Crippen molar-refractivity contribution in [3.8, 4) is 11.6 Å². The molecule has 0 bridgehead atoms. The summed E-state index contributed by atoms with van der Waals surface area (Å²) in [7, 11) is 0. The minimum Gasteiger partial charge on any atom is -0.463 e. The average Bonchev–Trinajstić information content (AvgIpc) is 3.53. The lowest BCUT2D eigenvalue weighted by Gasteiger charge is -2.28. The molecule has 0 spiro atoms. The first-order valence-corrected chi connectivity index (χ1v) is 12.4. The molecule has 1 atom stereocenters. The van der Waals surface area contributed by atoms with E-state index in [1.807, 2.05) is 34.2 Å². The first kappa shape index (κ1) is 23.1. The monoisotopic (exact) mass is 487 g/mol. The van der Waals surface area contributed by atoms with Gasteiger partial charge in [-0.25, -0.2) is 9.59 Å². The summed E-state index contributed by atoms with van der Waals surface area (Å²) in [5.41, 5.74) is 0.895. The van der Waals surface area contributed by atoms with Crippen LogP contribution in [0.15, 0.2) is 56.8 Å². The molecule has 0 aliphatic carbocycles. The molecule has 0 saturated heterocycles. The van der Waals surface area contributed by atoms with Crippen molar-refractivity contribution in [1.29, 1.82) is 0 Å². The van der Waals surface area contributed by atoms with Gasteiger partial charge in [-0.3, -0.25) is 4.57 Å². The van der Waals surface area contributed by atoms with Crippen LogP contribution in [0, 0.1) is 5.92 Å². The lowest BCUT2D eigenvalue weighted by atomic mass is 10.0. The zero-order valence-electron chi connectivity index (χ0n) is 18.5. The predicted octanol–water partition coefficient (Wildman–Crippen LogP) is 4.22. The van der Waals surface area contributed by atoms with Crippen LogP contribution in [0.1, 0.15) is 31.7 Å². The van der Waals surface area contributed by atoms with Gasteiger partial charge in [-0.1, -0.05) is 31.7 Å². The molecule has 33 heavy (non-hydrogen) atoms. The van der Waals surface area contributed by atoms with E-state index in [0.717, 1.165) is 4.88 Å². The van der Waals surface area contributed by atoms with Gasteiger partial charge in [-0.15, -0.1) is 21.5 Å². The van der Waals surface area contributed by atoms with Crippen molar-refractivity contribution < 1.29 is 18.7 Å². The van der Waals surface area contributed by atoms with Crippen molar-refractivity contribution in [3.05, 3.63) is 52.1 Å². The minimum absolute atomic E-state index is 0.239. The molecule has 1 aliphatic heterocycles. The summed E-state index contributed by atoms with van der Waals surface area (Å²) in [6.45, 7) is 6.91. The molecule has 9 nitrogen and oxygen atoms in total. The van der Waals surface area contributed by atoms with Crippen LogP contribution in [0.2, 0.25) is 0 Å². The summed E-state index contributed by atoms with van der Waals surface area (Å²) in [5, 5.41) is 16.9. The van der Waals surface area contributed by atoms with Crippen molar-refractivity contribution in [1.82, 2.24) is 25.4 Å². The maximum atomic E-state index is 12.9. The second kappa shape index (κ2) is 10.3. The van der Waals surface area contributed by atoms with Crippen LogP contribution in [0.4, 0.5) is 4.79 Å². The summed E-state index contributed by atoms with van der Waals surface area (Å²) in [5.74, 6) is 1.48. The van der Waals surface area contributed by atoms with E-state index in [4.69, 9.17) is 9.15 Å². The van der Waals surface area contributed by atoms with E-state index >= 15 is 0 Å². The number of urea groups is 1. The van der Waals surface area contributed by atoms with Crippen LogP contribution in [-0.2, 0) is 16.1 Å². The Kier molecular flexibility index (Phi) is 7.19. The molecule has 2 N–H and O–H groups in total. The first-order chi connectivity index (χ1) is 16.0. The molecule has 11 heteroatoms. The van der Waals surface area contributed by atoms with E-state index in [-0.39, 0.29) is 12.6 Å². The largest absolute Gasteiger partial charge is 0.463 e. The number of nitrogens with zero attached hydrogens (tertiary/aromatic N) is 3.